The van der Waals surface area contributed by atoms with Gasteiger partial charge in [0.25, 0.3) is 7.48 Å². The summed E-state index contributed by atoms with van der Waals surface area (Å²) in [6.45, 7) is 20.5. The Hall–Kier alpha value is -0.615. The number of thiol groups is 1. The van der Waals surface area contributed by atoms with Gasteiger partial charge in [-0.15, -0.1) is 0 Å². The molecule has 0 aromatic carbocycles. The first kappa shape index (κ1) is 26.4. The van der Waals surface area contributed by atoms with Crippen LogP contribution in [0.15, 0.2) is 12.3 Å². The second kappa shape index (κ2) is 9.68. The van der Waals surface area contributed by atoms with Crippen LogP contribution in [0.3, 0.4) is 0 Å². The molecule has 1 N–H and O–H groups in total. The van der Waals surface area contributed by atoms with E-state index in [1.165, 1.54) is 0 Å². The lowest BCUT2D eigenvalue weighted by Gasteiger charge is -2.45. The number of carbonyl (C=O) groups excluding carboxylic acids is 1. The van der Waals surface area contributed by atoms with Crippen molar-refractivity contribution in [2.24, 2.45) is 5.92 Å². The van der Waals surface area contributed by atoms with Crippen molar-refractivity contribution in [3.05, 3.63) is 12.3 Å². The third kappa shape index (κ3) is 6.68. The normalized spacial score (nSPS) is 23.0. The molecule has 0 spiro atoms. The van der Waals surface area contributed by atoms with Crippen molar-refractivity contribution in [3.8, 4) is 0 Å². The highest BCUT2D eigenvalue weighted by Crippen LogP contribution is 2.44. The summed E-state index contributed by atoms with van der Waals surface area (Å²) >= 11 is 4.65. The fourth-order valence-corrected chi connectivity index (χ4v) is 4.04. The summed E-state index contributed by atoms with van der Waals surface area (Å²) in [7, 11) is 3.95. The van der Waals surface area contributed by atoms with Crippen molar-refractivity contribution in [2.75, 3.05) is 7.05 Å². The first-order valence-corrected chi connectivity index (χ1v) is 11.4. The number of hydrogen-bond acceptors (Lipinski definition) is 4. The fourth-order valence-electron chi connectivity index (χ4n) is 3.99. The predicted octanol–water partition coefficient (Wildman–Crippen LogP) is 5.23. The molecule has 2 unspecified atom stereocenters. The zero-order valence-electron chi connectivity index (χ0n) is 20.3. The molecule has 0 aromatic heterocycles. The van der Waals surface area contributed by atoms with Gasteiger partial charge in [-0.3, -0.25) is 4.79 Å². The summed E-state index contributed by atoms with van der Waals surface area (Å²) < 4.78 is 5.78. The number of carbonyl (C=O) groups is 1. The molecule has 0 heterocycles. The molecule has 0 aliphatic heterocycles. The van der Waals surface area contributed by atoms with Crippen molar-refractivity contribution in [2.45, 2.75) is 115 Å². The van der Waals surface area contributed by atoms with Crippen LogP contribution in [0.1, 0.15) is 87.5 Å². The van der Waals surface area contributed by atoms with Crippen LogP contribution < -0.4 is 5.32 Å². The number of amides is 1. The molecule has 1 aliphatic rings. The fraction of sp³-hybridized carbons (Fsp3) is 0.870. The standard InChI is InChI=1S/C23H44BN2O2S/c1-17(2)26(10)23(19(27)25-20(3,4)5)15-11-13-18(23)14-12-16-24-28-21(6,7)22(8,9)29/h18,29H,1,11-16H2,2-10H3,(H,25,27). The van der Waals surface area contributed by atoms with Crippen LogP contribution in [0.4, 0.5) is 0 Å². The molecule has 1 amide bonds. The topological polar surface area (TPSA) is 41.6 Å². The van der Waals surface area contributed by atoms with Gasteiger partial charge in [-0.1, -0.05) is 25.7 Å². The van der Waals surface area contributed by atoms with E-state index < -0.39 is 5.54 Å². The Morgan fingerprint density at radius 2 is 1.86 bits per heavy atom. The van der Waals surface area contributed by atoms with Crippen molar-refractivity contribution in [3.63, 3.8) is 0 Å². The van der Waals surface area contributed by atoms with Crippen LogP contribution in [0, 0.1) is 5.92 Å². The minimum Gasteiger partial charge on any atom is -0.434 e. The van der Waals surface area contributed by atoms with Gasteiger partial charge >= 0.3 is 0 Å². The first-order valence-electron chi connectivity index (χ1n) is 11.0. The van der Waals surface area contributed by atoms with E-state index in [0.29, 0.717) is 5.92 Å². The Morgan fingerprint density at radius 1 is 1.28 bits per heavy atom. The number of hydrogen-bond donors (Lipinski definition) is 2. The molecule has 1 radical (unpaired) electrons. The Bertz CT molecular complexity index is 580. The minimum atomic E-state index is -0.508. The average Bonchev–Trinajstić information content (AvgIpc) is 2.95. The minimum absolute atomic E-state index is 0.135. The zero-order valence-corrected chi connectivity index (χ0v) is 21.2. The number of likely N-dealkylation sites (N-methyl/N-ethyl adjacent to an activating group) is 1. The number of allylic oxidation sites excluding steroid dienone is 1. The van der Waals surface area contributed by atoms with E-state index in [0.717, 1.165) is 44.1 Å². The molecule has 6 heteroatoms. The maximum atomic E-state index is 13.4. The highest BCUT2D eigenvalue weighted by atomic mass is 32.1. The molecule has 1 rings (SSSR count). The Labute approximate surface area is 186 Å². The number of nitrogens with one attached hydrogen (secondary N) is 1. The first-order chi connectivity index (χ1) is 13.0. The monoisotopic (exact) mass is 423 g/mol. The van der Waals surface area contributed by atoms with Gasteiger partial charge in [-0.25, -0.2) is 0 Å². The molecular weight excluding hydrogens is 379 g/mol. The van der Waals surface area contributed by atoms with Crippen molar-refractivity contribution >= 4 is 26.0 Å². The van der Waals surface area contributed by atoms with E-state index >= 15 is 0 Å². The van der Waals surface area contributed by atoms with E-state index in [1.54, 1.807) is 0 Å². The lowest BCUT2D eigenvalue weighted by atomic mass is 9.78. The van der Waals surface area contributed by atoms with Gasteiger partial charge in [0.05, 0.1) is 5.60 Å². The number of rotatable bonds is 10. The SMILES string of the molecule is C=C(C)N(C)C1(C(=O)NC(C)(C)C)CCCC1CCC[B]OC(C)(C)C(C)(C)S. The molecule has 1 saturated carbocycles. The molecule has 4 nitrogen and oxygen atoms in total. The molecule has 0 saturated heterocycles. The van der Waals surface area contributed by atoms with E-state index in [2.05, 4.69) is 57.1 Å². The maximum absolute atomic E-state index is 13.4. The smallest absolute Gasteiger partial charge is 0.293 e. The molecule has 167 valence electrons. The second-order valence-electron chi connectivity index (χ2n) is 10.8. The van der Waals surface area contributed by atoms with Crippen LogP contribution >= 0.6 is 12.6 Å². The van der Waals surface area contributed by atoms with E-state index in [9.17, 15) is 4.79 Å². The third-order valence-electron chi connectivity index (χ3n) is 6.56. The Morgan fingerprint density at radius 3 is 2.34 bits per heavy atom. The van der Waals surface area contributed by atoms with Gasteiger partial charge in [0, 0.05) is 23.0 Å². The van der Waals surface area contributed by atoms with Crippen LogP contribution in [-0.4, -0.2) is 46.8 Å². The summed E-state index contributed by atoms with van der Waals surface area (Å²) in [5.74, 6) is 0.450. The van der Waals surface area contributed by atoms with E-state index in [-0.39, 0.29) is 21.8 Å². The predicted molar refractivity (Wildman–Crippen MR) is 129 cm³/mol. The molecule has 1 fully saturated rings. The van der Waals surface area contributed by atoms with Crippen molar-refractivity contribution in [1.29, 1.82) is 0 Å². The zero-order chi connectivity index (χ0) is 22.7. The summed E-state index contributed by atoms with van der Waals surface area (Å²) in [6, 6.07) is 0. The Balaban J connectivity index is 2.80. The molecule has 0 aromatic rings. The van der Waals surface area contributed by atoms with E-state index in [1.807, 2.05) is 42.2 Å². The lowest BCUT2D eigenvalue weighted by molar-refractivity contribution is -0.135. The van der Waals surface area contributed by atoms with Crippen LogP contribution in [-0.2, 0) is 9.45 Å². The van der Waals surface area contributed by atoms with Crippen LogP contribution in [0.5, 0.6) is 0 Å². The largest absolute Gasteiger partial charge is 0.434 e. The van der Waals surface area contributed by atoms with Gasteiger partial charge in [0.1, 0.15) is 5.54 Å². The second-order valence-corrected chi connectivity index (χ2v) is 11.9. The molecule has 0 bridgehead atoms. The number of nitrogens with zero attached hydrogens (tertiary/aromatic N) is 1. The maximum Gasteiger partial charge on any atom is 0.293 e. The van der Waals surface area contributed by atoms with Gasteiger partial charge < -0.3 is 14.9 Å². The molecule has 2 atom stereocenters. The lowest BCUT2D eigenvalue weighted by Crippen LogP contribution is -2.61. The Kier molecular flexibility index (Phi) is 8.82. The van der Waals surface area contributed by atoms with Gasteiger partial charge in [-0.2, -0.15) is 12.6 Å². The summed E-state index contributed by atoms with van der Waals surface area (Å²) in [6.07, 6.45) is 5.90. The quantitative estimate of drug-likeness (QED) is 0.287. The highest BCUT2D eigenvalue weighted by Gasteiger charge is 2.52. The van der Waals surface area contributed by atoms with Gasteiger partial charge in [0.15, 0.2) is 0 Å². The van der Waals surface area contributed by atoms with Crippen molar-refractivity contribution in [1.82, 2.24) is 10.2 Å². The van der Waals surface area contributed by atoms with Crippen LogP contribution in [0.25, 0.3) is 0 Å². The van der Waals surface area contributed by atoms with Crippen molar-refractivity contribution < 1.29 is 9.45 Å². The average molecular weight is 423 g/mol. The molecule has 1 aliphatic carbocycles. The third-order valence-corrected chi connectivity index (χ3v) is 7.10. The van der Waals surface area contributed by atoms with Crippen LogP contribution in [0.2, 0.25) is 6.32 Å². The van der Waals surface area contributed by atoms with E-state index in [4.69, 9.17) is 4.65 Å². The summed E-state index contributed by atoms with van der Waals surface area (Å²) in [4.78, 5) is 15.6. The van der Waals surface area contributed by atoms with Gasteiger partial charge in [0.2, 0.25) is 5.91 Å². The summed E-state index contributed by atoms with van der Waals surface area (Å²) in [5, 5.41) is 3.24. The summed E-state index contributed by atoms with van der Waals surface area (Å²) in [5.41, 5.74) is -0.152. The molecular formula is C23H44BN2O2S. The molecule has 29 heavy (non-hydrogen) atoms. The highest BCUT2D eigenvalue weighted by molar-refractivity contribution is 7.81. The van der Waals surface area contributed by atoms with Gasteiger partial charge in [-0.05, 0) is 80.6 Å².